The van der Waals surface area contributed by atoms with Crippen molar-refractivity contribution in [3.05, 3.63) is 0 Å². The number of aliphatic carboxylic acids is 1. The van der Waals surface area contributed by atoms with Crippen molar-refractivity contribution < 1.29 is 14.7 Å². The van der Waals surface area contributed by atoms with E-state index < -0.39 is 12.0 Å². The molecule has 86 valence electrons. The summed E-state index contributed by atoms with van der Waals surface area (Å²) in [5.74, 6) is -0.966. The molecule has 0 bridgehead atoms. The van der Waals surface area contributed by atoms with Gasteiger partial charge in [0.2, 0.25) is 5.91 Å². The highest BCUT2D eigenvalue weighted by Gasteiger charge is 2.33. The molecule has 5 nitrogen and oxygen atoms in total. The highest BCUT2D eigenvalue weighted by Crippen LogP contribution is 2.13. The monoisotopic (exact) mass is 214 g/mol. The maximum absolute atomic E-state index is 11.9. The van der Waals surface area contributed by atoms with Gasteiger partial charge in [-0.1, -0.05) is 6.92 Å². The smallest absolute Gasteiger partial charge is 0.305 e. The van der Waals surface area contributed by atoms with Crippen LogP contribution in [0.5, 0.6) is 0 Å². The van der Waals surface area contributed by atoms with Crippen LogP contribution in [0.2, 0.25) is 0 Å². The summed E-state index contributed by atoms with van der Waals surface area (Å²) in [6.07, 6.45) is 0.810. The summed E-state index contributed by atoms with van der Waals surface area (Å²) < 4.78 is 0. The van der Waals surface area contributed by atoms with Crippen LogP contribution in [0.15, 0.2) is 0 Å². The number of hydrogen-bond acceptors (Lipinski definition) is 3. The zero-order valence-corrected chi connectivity index (χ0v) is 9.27. The van der Waals surface area contributed by atoms with Gasteiger partial charge in [0.15, 0.2) is 0 Å². The van der Waals surface area contributed by atoms with Gasteiger partial charge in [0.05, 0.1) is 12.5 Å². The summed E-state index contributed by atoms with van der Waals surface area (Å²) in [4.78, 5) is 26.1. The van der Waals surface area contributed by atoms with E-state index in [1.54, 1.807) is 11.9 Å². The third-order valence-corrected chi connectivity index (χ3v) is 2.71. The van der Waals surface area contributed by atoms with Crippen LogP contribution in [0.4, 0.5) is 0 Å². The fourth-order valence-electron chi connectivity index (χ4n) is 1.84. The molecule has 1 N–H and O–H groups in total. The average molecular weight is 214 g/mol. The van der Waals surface area contributed by atoms with Gasteiger partial charge in [-0.15, -0.1) is 0 Å². The highest BCUT2D eigenvalue weighted by atomic mass is 16.4. The van der Waals surface area contributed by atoms with Gasteiger partial charge in [0.25, 0.3) is 0 Å². The zero-order valence-electron chi connectivity index (χ0n) is 9.27. The van der Waals surface area contributed by atoms with Crippen molar-refractivity contribution >= 4 is 11.9 Å². The van der Waals surface area contributed by atoms with Crippen LogP contribution in [-0.4, -0.2) is 59.5 Å². The molecule has 1 aliphatic heterocycles. The van der Waals surface area contributed by atoms with Gasteiger partial charge in [0, 0.05) is 19.6 Å². The van der Waals surface area contributed by atoms with Crippen LogP contribution in [0.3, 0.4) is 0 Å². The molecule has 1 heterocycles. The predicted octanol–water partition coefficient (Wildman–Crippen LogP) is 0.0137. The number of amides is 1. The Morgan fingerprint density at radius 3 is 2.73 bits per heavy atom. The molecule has 0 spiro atoms. The normalized spacial score (nSPS) is 23.2. The Morgan fingerprint density at radius 2 is 2.20 bits per heavy atom. The Balaban J connectivity index is 2.65. The van der Waals surface area contributed by atoms with E-state index in [1.807, 2.05) is 11.8 Å². The molecule has 15 heavy (non-hydrogen) atoms. The van der Waals surface area contributed by atoms with E-state index in [2.05, 4.69) is 0 Å². The molecule has 0 radical (unpaired) electrons. The van der Waals surface area contributed by atoms with E-state index in [0.29, 0.717) is 6.54 Å². The maximum Gasteiger partial charge on any atom is 0.305 e. The Hall–Kier alpha value is -1.10. The lowest BCUT2D eigenvalue weighted by Crippen LogP contribution is -2.56. The standard InChI is InChI=1S/C10H18N2O3/c1-3-4-12-6-5-11(2)8(10(12)15)7-9(13)14/h8H,3-7H2,1-2H3,(H,13,14). The minimum absolute atomic E-state index is 0.0481. The number of carboxylic acids is 1. The van der Waals surface area contributed by atoms with E-state index in [-0.39, 0.29) is 12.3 Å². The summed E-state index contributed by atoms with van der Waals surface area (Å²) in [5.41, 5.74) is 0. The van der Waals surface area contributed by atoms with Gasteiger partial charge in [-0.05, 0) is 13.5 Å². The topological polar surface area (TPSA) is 60.9 Å². The third-order valence-electron chi connectivity index (χ3n) is 2.71. The van der Waals surface area contributed by atoms with Crippen molar-refractivity contribution in [1.82, 2.24) is 9.80 Å². The SMILES string of the molecule is CCCN1CCN(C)C(CC(=O)O)C1=O. The Morgan fingerprint density at radius 1 is 1.53 bits per heavy atom. The van der Waals surface area contributed by atoms with Crippen LogP contribution in [0.25, 0.3) is 0 Å². The molecule has 1 atom stereocenters. The third kappa shape index (κ3) is 2.92. The minimum atomic E-state index is -0.918. The number of carboxylic acid groups (broad SMARTS) is 1. The molecule has 0 aromatic heterocycles. The second kappa shape index (κ2) is 5.11. The fraction of sp³-hybridized carbons (Fsp3) is 0.800. The molecule has 0 aromatic carbocycles. The Labute approximate surface area is 89.7 Å². The first kappa shape index (κ1) is 12.0. The first-order valence-corrected chi connectivity index (χ1v) is 5.27. The van der Waals surface area contributed by atoms with Crippen molar-refractivity contribution in [3.8, 4) is 0 Å². The molecule has 0 saturated carbocycles. The molecule has 1 aliphatic rings. The molecule has 1 rings (SSSR count). The van der Waals surface area contributed by atoms with Gasteiger partial charge in [-0.3, -0.25) is 14.5 Å². The number of rotatable bonds is 4. The lowest BCUT2D eigenvalue weighted by atomic mass is 10.1. The van der Waals surface area contributed by atoms with Crippen molar-refractivity contribution in [2.75, 3.05) is 26.7 Å². The number of piperazine rings is 1. The number of carbonyl (C=O) groups is 2. The lowest BCUT2D eigenvalue weighted by Gasteiger charge is -2.37. The Bertz CT molecular complexity index is 255. The second-order valence-corrected chi connectivity index (χ2v) is 3.92. The van der Waals surface area contributed by atoms with Gasteiger partial charge in [-0.25, -0.2) is 0 Å². The molecule has 1 saturated heterocycles. The number of hydrogen-bond donors (Lipinski definition) is 1. The van der Waals surface area contributed by atoms with E-state index in [1.165, 1.54) is 0 Å². The van der Waals surface area contributed by atoms with E-state index >= 15 is 0 Å². The molecule has 5 heteroatoms. The second-order valence-electron chi connectivity index (χ2n) is 3.92. The van der Waals surface area contributed by atoms with Gasteiger partial charge in [0.1, 0.15) is 0 Å². The summed E-state index contributed by atoms with van der Waals surface area (Å²) in [5, 5.41) is 8.72. The zero-order chi connectivity index (χ0) is 11.4. The van der Waals surface area contributed by atoms with Crippen LogP contribution in [0.1, 0.15) is 19.8 Å². The van der Waals surface area contributed by atoms with E-state index in [0.717, 1.165) is 19.5 Å². The molecule has 0 aliphatic carbocycles. The van der Waals surface area contributed by atoms with Gasteiger partial charge in [-0.2, -0.15) is 0 Å². The summed E-state index contributed by atoms with van der Waals surface area (Å²) in [6.45, 7) is 4.20. The lowest BCUT2D eigenvalue weighted by molar-refractivity contribution is -0.148. The summed E-state index contributed by atoms with van der Waals surface area (Å²) >= 11 is 0. The molecule has 1 amide bonds. The van der Waals surface area contributed by atoms with Crippen molar-refractivity contribution in [1.29, 1.82) is 0 Å². The fourth-order valence-corrected chi connectivity index (χ4v) is 1.84. The van der Waals surface area contributed by atoms with Crippen LogP contribution >= 0.6 is 0 Å². The first-order valence-electron chi connectivity index (χ1n) is 5.27. The number of nitrogens with zero attached hydrogens (tertiary/aromatic N) is 2. The molecular weight excluding hydrogens is 196 g/mol. The quantitative estimate of drug-likeness (QED) is 0.716. The van der Waals surface area contributed by atoms with Crippen molar-refractivity contribution in [2.24, 2.45) is 0 Å². The largest absolute Gasteiger partial charge is 0.481 e. The summed E-state index contributed by atoms with van der Waals surface area (Å²) in [6, 6.07) is -0.484. The van der Waals surface area contributed by atoms with Crippen molar-refractivity contribution in [3.63, 3.8) is 0 Å². The molecule has 1 unspecified atom stereocenters. The molecular formula is C10H18N2O3. The summed E-state index contributed by atoms with van der Waals surface area (Å²) in [7, 11) is 1.80. The van der Waals surface area contributed by atoms with Crippen molar-refractivity contribution in [2.45, 2.75) is 25.8 Å². The minimum Gasteiger partial charge on any atom is -0.481 e. The average Bonchev–Trinajstić information content (AvgIpc) is 2.17. The van der Waals surface area contributed by atoms with Gasteiger partial charge >= 0.3 is 5.97 Å². The maximum atomic E-state index is 11.9. The van der Waals surface area contributed by atoms with Crippen LogP contribution in [-0.2, 0) is 9.59 Å². The number of carbonyl (C=O) groups excluding carboxylic acids is 1. The van der Waals surface area contributed by atoms with Crippen LogP contribution in [0, 0.1) is 0 Å². The Kier molecular flexibility index (Phi) is 4.08. The van der Waals surface area contributed by atoms with Gasteiger partial charge < -0.3 is 10.0 Å². The molecule has 1 fully saturated rings. The first-order chi connectivity index (χ1) is 7.06. The van der Waals surface area contributed by atoms with E-state index in [4.69, 9.17) is 5.11 Å². The van der Waals surface area contributed by atoms with E-state index in [9.17, 15) is 9.59 Å². The van der Waals surface area contributed by atoms with Crippen LogP contribution < -0.4 is 0 Å². The molecule has 0 aromatic rings. The predicted molar refractivity (Wildman–Crippen MR) is 55.5 cm³/mol. The highest BCUT2D eigenvalue weighted by molar-refractivity contribution is 5.86. The number of likely N-dealkylation sites (N-methyl/N-ethyl adjacent to an activating group) is 1.